The van der Waals surface area contributed by atoms with Crippen molar-refractivity contribution in [2.75, 3.05) is 11.5 Å². The highest BCUT2D eigenvalue weighted by molar-refractivity contribution is 6.27. The predicted octanol–water partition coefficient (Wildman–Crippen LogP) is 4.06. The summed E-state index contributed by atoms with van der Waals surface area (Å²) in [6, 6.07) is 25.4. The number of rotatable bonds is 7. The molecule has 216 valence electrons. The van der Waals surface area contributed by atoms with E-state index >= 15 is 0 Å². The van der Waals surface area contributed by atoms with Gasteiger partial charge in [-0.3, -0.25) is 14.2 Å². The lowest BCUT2D eigenvalue weighted by Gasteiger charge is -2.23. The van der Waals surface area contributed by atoms with Gasteiger partial charge < -0.3 is 14.6 Å². The first-order valence-corrected chi connectivity index (χ1v) is 13.7. The monoisotopic (exact) mass is 577 g/mol. The van der Waals surface area contributed by atoms with E-state index in [1.807, 2.05) is 6.92 Å². The Bertz CT molecular complexity index is 1710. The first kappa shape index (κ1) is 27.9. The van der Waals surface area contributed by atoms with Gasteiger partial charge in [0.15, 0.2) is 29.3 Å². The molecule has 5 aromatic rings. The maximum Gasteiger partial charge on any atom is 0.338 e. The molecule has 43 heavy (non-hydrogen) atoms. The third-order valence-electron chi connectivity index (χ3n) is 7.41. The summed E-state index contributed by atoms with van der Waals surface area (Å²) in [5.74, 6) is -2.13. The first-order chi connectivity index (χ1) is 21.0. The molecule has 1 N–H and O–H groups in total. The molecule has 11 heteroatoms. The second kappa shape index (κ2) is 11.9. The SMILES string of the molecule is C[C@H]1[C@@H](OC(=O)c2ccccc2)[C@H](n2cnc3c(N(C(=O)c4ccccc4)C(=O)c4ccccc4)ncnc32)O[C@@H]1CO. The Hall–Kier alpha value is -5.26. The lowest BCUT2D eigenvalue weighted by molar-refractivity contribution is -0.0563. The Morgan fingerprint density at radius 2 is 1.40 bits per heavy atom. The van der Waals surface area contributed by atoms with Crippen LogP contribution in [0.5, 0.6) is 0 Å². The number of amides is 2. The number of aliphatic hydroxyl groups is 1. The average Bonchev–Trinajstić information content (AvgIpc) is 3.63. The standard InChI is InChI=1S/C32H27N5O6/c1-20-24(17-38)42-31(26(20)43-32(41)23-15-9-4-10-16-23)36-19-35-25-27(36)33-18-34-28(25)37(29(39)21-11-5-2-6-12-21)30(40)22-13-7-3-8-14-22/h2-16,18-20,24,26,31,38H,17H2,1H3/t20-,24-,26-,31-/m1/s1. The van der Waals surface area contributed by atoms with Gasteiger partial charge in [-0.25, -0.2) is 24.6 Å². The fraction of sp³-hybridized carbons (Fsp3) is 0.188. The number of imide groups is 1. The van der Waals surface area contributed by atoms with Crippen molar-refractivity contribution in [3.63, 3.8) is 0 Å². The number of fused-ring (bicyclic) bond motifs is 1. The molecule has 0 radical (unpaired) electrons. The molecule has 0 aliphatic carbocycles. The van der Waals surface area contributed by atoms with Crippen LogP contribution in [0, 0.1) is 5.92 Å². The van der Waals surface area contributed by atoms with Gasteiger partial charge in [0.05, 0.1) is 24.6 Å². The number of imidazole rings is 1. The Balaban J connectivity index is 1.42. The van der Waals surface area contributed by atoms with Gasteiger partial charge in [0.25, 0.3) is 11.8 Å². The molecule has 2 amide bonds. The minimum atomic E-state index is -0.907. The van der Waals surface area contributed by atoms with E-state index in [9.17, 15) is 19.5 Å². The van der Waals surface area contributed by atoms with Gasteiger partial charge in [0, 0.05) is 17.0 Å². The highest BCUT2D eigenvalue weighted by atomic mass is 16.6. The largest absolute Gasteiger partial charge is 0.454 e. The molecule has 3 heterocycles. The number of benzene rings is 3. The molecule has 0 spiro atoms. The van der Waals surface area contributed by atoms with E-state index in [4.69, 9.17) is 9.47 Å². The quantitative estimate of drug-likeness (QED) is 0.224. The zero-order chi connectivity index (χ0) is 29.9. The van der Waals surface area contributed by atoms with Crippen LogP contribution in [0.25, 0.3) is 11.2 Å². The number of hydrogen-bond donors (Lipinski definition) is 1. The van der Waals surface area contributed by atoms with Gasteiger partial charge in [-0.05, 0) is 36.4 Å². The molecule has 0 unspecified atom stereocenters. The summed E-state index contributed by atoms with van der Waals surface area (Å²) in [5, 5.41) is 9.99. The molecule has 1 fully saturated rings. The van der Waals surface area contributed by atoms with Crippen molar-refractivity contribution in [2.24, 2.45) is 5.92 Å². The van der Waals surface area contributed by atoms with Crippen LogP contribution < -0.4 is 4.90 Å². The van der Waals surface area contributed by atoms with Gasteiger partial charge in [-0.15, -0.1) is 0 Å². The number of anilines is 1. The molecule has 1 saturated heterocycles. The van der Waals surface area contributed by atoms with Crippen molar-refractivity contribution < 1.29 is 29.0 Å². The van der Waals surface area contributed by atoms with Gasteiger partial charge in [0.2, 0.25) is 0 Å². The molecule has 11 nitrogen and oxygen atoms in total. The maximum absolute atomic E-state index is 13.8. The number of aromatic nitrogens is 4. The summed E-state index contributed by atoms with van der Waals surface area (Å²) in [6.45, 7) is 1.52. The third-order valence-corrected chi connectivity index (χ3v) is 7.41. The average molecular weight is 578 g/mol. The number of hydrogen-bond acceptors (Lipinski definition) is 9. The lowest BCUT2D eigenvalue weighted by atomic mass is 10.0. The van der Waals surface area contributed by atoms with Crippen molar-refractivity contribution in [3.8, 4) is 0 Å². The van der Waals surface area contributed by atoms with E-state index in [0.717, 1.165) is 4.90 Å². The summed E-state index contributed by atoms with van der Waals surface area (Å²) in [7, 11) is 0. The zero-order valence-electron chi connectivity index (χ0n) is 23.1. The minimum Gasteiger partial charge on any atom is -0.454 e. The van der Waals surface area contributed by atoms with E-state index in [0.29, 0.717) is 5.56 Å². The number of ether oxygens (including phenoxy) is 2. The van der Waals surface area contributed by atoms with Crippen LogP contribution in [0.1, 0.15) is 44.2 Å². The predicted molar refractivity (Wildman–Crippen MR) is 155 cm³/mol. The number of nitrogens with zero attached hydrogens (tertiary/aromatic N) is 5. The Morgan fingerprint density at radius 3 is 1.95 bits per heavy atom. The Morgan fingerprint density at radius 1 is 0.837 bits per heavy atom. The summed E-state index contributed by atoms with van der Waals surface area (Å²) in [4.78, 5) is 54.8. The Labute approximate surface area is 246 Å². The second-order valence-electron chi connectivity index (χ2n) is 10.0. The van der Waals surface area contributed by atoms with Crippen LogP contribution in [0.3, 0.4) is 0 Å². The van der Waals surface area contributed by atoms with Crippen molar-refractivity contribution in [1.82, 2.24) is 19.5 Å². The molecule has 0 saturated carbocycles. The van der Waals surface area contributed by atoms with Crippen LogP contribution >= 0.6 is 0 Å². The van der Waals surface area contributed by atoms with Crippen molar-refractivity contribution in [1.29, 1.82) is 0 Å². The molecular formula is C32H27N5O6. The smallest absolute Gasteiger partial charge is 0.338 e. The normalized spacial score (nSPS) is 19.7. The van der Waals surface area contributed by atoms with E-state index in [1.54, 1.807) is 95.6 Å². The lowest BCUT2D eigenvalue weighted by Crippen LogP contribution is -2.38. The fourth-order valence-electron chi connectivity index (χ4n) is 5.11. The van der Waals surface area contributed by atoms with Gasteiger partial charge in [0.1, 0.15) is 6.33 Å². The zero-order valence-corrected chi connectivity index (χ0v) is 23.1. The van der Waals surface area contributed by atoms with Crippen LogP contribution in [-0.4, -0.2) is 61.2 Å². The molecule has 6 rings (SSSR count). The summed E-state index contributed by atoms with van der Waals surface area (Å²) in [5.41, 5.74) is 1.34. The maximum atomic E-state index is 13.8. The van der Waals surface area contributed by atoms with Crippen LogP contribution in [-0.2, 0) is 9.47 Å². The topological polar surface area (TPSA) is 137 Å². The molecule has 1 aliphatic rings. The van der Waals surface area contributed by atoms with Crippen LogP contribution in [0.2, 0.25) is 0 Å². The molecule has 0 bridgehead atoms. The fourth-order valence-corrected chi connectivity index (χ4v) is 5.11. The third kappa shape index (κ3) is 5.27. The molecular weight excluding hydrogens is 550 g/mol. The van der Waals surface area contributed by atoms with E-state index in [-0.39, 0.29) is 40.6 Å². The number of carbonyl (C=O) groups is 3. The van der Waals surface area contributed by atoms with Crippen molar-refractivity contribution in [2.45, 2.75) is 25.4 Å². The van der Waals surface area contributed by atoms with E-state index in [2.05, 4.69) is 15.0 Å². The second-order valence-corrected chi connectivity index (χ2v) is 10.0. The molecule has 3 aromatic carbocycles. The summed E-state index contributed by atoms with van der Waals surface area (Å²) < 4.78 is 13.6. The van der Waals surface area contributed by atoms with Crippen LogP contribution in [0.4, 0.5) is 5.82 Å². The molecule has 4 atom stereocenters. The van der Waals surface area contributed by atoms with Gasteiger partial charge in [-0.1, -0.05) is 61.5 Å². The number of carbonyl (C=O) groups excluding carboxylic acids is 3. The van der Waals surface area contributed by atoms with Crippen molar-refractivity contribution in [3.05, 3.63) is 120 Å². The minimum absolute atomic E-state index is 0.0194. The highest BCUT2D eigenvalue weighted by Crippen LogP contribution is 2.38. The first-order valence-electron chi connectivity index (χ1n) is 13.7. The Kier molecular flexibility index (Phi) is 7.73. The number of aliphatic hydroxyl groups excluding tert-OH is 1. The van der Waals surface area contributed by atoms with Gasteiger partial charge >= 0.3 is 5.97 Å². The van der Waals surface area contributed by atoms with E-state index in [1.165, 1.54) is 12.7 Å². The van der Waals surface area contributed by atoms with E-state index < -0.39 is 36.2 Å². The number of esters is 1. The highest BCUT2D eigenvalue weighted by Gasteiger charge is 2.46. The molecule has 2 aromatic heterocycles. The van der Waals surface area contributed by atoms with Crippen molar-refractivity contribution >= 4 is 34.8 Å². The summed E-state index contributed by atoms with van der Waals surface area (Å²) in [6.07, 6.45) is 0.311. The van der Waals surface area contributed by atoms with Gasteiger partial charge in [-0.2, -0.15) is 0 Å². The molecule has 1 aliphatic heterocycles. The summed E-state index contributed by atoms with van der Waals surface area (Å²) >= 11 is 0. The van der Waals surface area contributed by atoms with Crippen LogP contribution in [0.15, 0.2) is 104 Å².